The quantitative estimate of drug-likeness (QED) is 0.849. The molecule has 18 heavy (non-hydrogen) atoms. The number of hydrogen-bond acceptors (Lipinski definition) is 2. The second-order valence-corrected chi connectivity index (χ2v) is 5.04. The van der Waals surface area contributed by atoms with E-state index >= 15 is 0 Å². The molecule has 1 aromatic rings. The van der Waals surface area contributed by atoms with Crippen molar-refractivity contribution < 1.29 is 4.79 Å². The van der Waals surface area contributed by atoms with E-state index in [1.54, 1.807) is 0 Å². The Bertz CT molecular complexity index is 473. The molecule has 0 aromatic heterocycles. The second kappa shape index (κ2) is 5.48. The van der Waals surface area contributed by atoms with Crippen LogP contribution in [0, 0.1) is 0 Å². The minimum atomic E-state index is -0.0718. The molecule has 4 heteroatoms. The zero-order chi connectivity index (χ0) is 13.1. The fourth-order valence-corrected chi connectivity index (χ4v) is 2.74. The third-order valence-electron chi connectivity index (χ3n) is 3.47. The fraction of sp³-hybridized carbons (Fsp3) is 0.429. The van der Waals surface area contributed by atoms with Crippen molar-refractivity contribution in [3.63, 3.8) is 0 Å². The summed E-state index contributed by atoms with van der Waals surface area (Å²) >= 11 is 5.05. The Kier molecular flexibility index (Phi) is 3.97. The number of amides is 1. The van der Waals surface area contributed by atoms with Crippen LogP contribution in [0.15, 0.2) is 24.3 Å². The van der Waals surface area contributed by atoms with Crippen molar-refractivity contribution in [2.24, 2.45) is 5.73 Å². The minimum absolute atomic E-state index is 0.0581. The molecule has 0 radical (unpaired) electrons. The van der Waals surface area contributed by atoms with Crippen molar-refractivity contribution >= 4 is 23.1 Å². The van der Waals surface area contributed by atoms with Crippen molar-refractivity contribution in [1.82, 2.24) is 4.90 Å². The van der Waals surface area contributed by atoms with Crippen LogP contribution in [0.2, 0.25) is 0 Å². The SMILES string of the molecule is CCc1ccccc1C(=O)N1CCCC1C(N)=S. The van der Waals surface area contributed by atoms with Crippen LogP contribution in [0.5, 0.6) is 0 Å². The summed E-state index contributed by atoms with van der Waals surface area (Å²) in [6.07, 6.45) is 2.71. The van der Waals surface area contributed by atoms with Crippen LogP contribution in [0.4, 0.5) is 0 Å². The zero-order valence-electron chi connectivity index (χ0n) is 10.6. The van der Waals surface area contributed by atoms with Crippen LogP contribution >= 0.6 is 12.2 Å². The summed E-state index contributed by atoms with van der Waals surface area (Å²) < 4.78 is 0. The van der Waals surface area contributed by atoms with E-state index in [-0.39, 0.29) is 11.9 Å². The van der Waals surface area contributed by atoms with Crippen LogP contribution < -0.4 is 5.73 Å². The van der Waals surface area contributed by atoms with Gasteiger partial charge in [-0.25, -0.2) is 0 Å². The monoisotopic (exact) mass is 262 g/mol. The van der Waals surface area contributed by atoms with Gasteiger partial charge in [0, 0.05) is 12.1 Å². The van der Waals surface area contributed by atoms with Gasteiger partial charge in [0.05, 0.1) is 11.0 Å². The number of thiocarbonyl (C=S) groups is 1. The molecule has 2 N–H and O–H groups in total. The normalized spacial score (nSPS) is 18.9. The topological polar surface area (TPSA) is 46.3 Å². The first kappa shape index (κ1) is 13.0. The van der Waals surface area contributed by atoms with Gasteiger partial charge in [-0.2, -0.15) is 0 Å². The Balaban J connectivity index is 2.28. The Morgan fingerprint density at radius 1 is 1.50 bits per heavy atom. The van der Waals surface area contributed by atoms with Gasteiger partial charge in [-0.1, -0.05) is 37.3 Å². The molecule has 2 rings (SSSR count). The molecule has 1 unspecified atom stereocenters. The summed E-state index contributed by atoms with van der Waals surface area (Å²) in [5.74, 6) is 0.0581. The summed E-state index contributed by atoms with van der Waals surface area (Å²) in [6, 6.07) is 7.68. The second-order valence-electron chi connectivity index (χ2n) is 4.57. The molecule has 1 aliphatic rings. The summed E-state index contributed by atoms with van der Waals surface area (Å²) in [7, 11) is 0. The molecular weight excluding hydrogens is 244 g/mol. The van der Waals surface area contributed by atoms with Crippen molar-refractivity contribution in [1.29, 1.82) is 0 Å². The van der Waals surface area contributed by atoms with Gasteiger partial charge >= 0.3 is 0 Å². The van der Waals surface area contributed by atoms with Crippen molar-refractivity contribution in [2.75, 3.05) is 6.54 Å². The molecule has 1 fully saturated rings. The van der Waals surface area contributed by atoms with E-state index in [1.165, 1.54) is 0 Å². The third kappa shape index (κ3) is 2.38. The molecular formula is C14H18N2OS. The van der Waals surface area contributed by atoms with E-state index in [1.807, 2.05) is 29.2 Å². The predicted molar refractivity (Wildman–Crippen MR) is 76.7 cm³/mol. The highest BCUT2D eigenvalue weighted by Gasteiger charge is 2.31. The first-order valence-corrected chi connectivity index (χ1v) is 6.74. The van der Waals surface area contributed by atoms with Crippen LogP contribution in [0.1, 0.15) is 35.7 Å². The van der Waals surface area contributed by atoms with Crippen molar-refractivity contribution in [3.8, 4) is 0 Å². The number of likely N-dealkylation sites (tertiary alicyclic amines) is 1. The number of nitrogens with zero attached hydrogens (tertiary/aromatic N) is 1. The van der Waals surface area contributed by atoms with Gasteiger partial charge in [-0.3, -0.25) is 4.79 Å². The molecule has 0 aliphatic carbocycles. The van der Waals surface area contributed by atoms with Gasteiger partial charge in [0.15, 0.2) is 0 Å². The molecule has 1 aromatic carbocycles. The molecule has 0 saturated carbocycles. The molecule has 1 atom stereocenters. The van der Waals surface area contributed by atoms with E-state index < -0.39 is 0 Å². The Morgan fingerprint density at radius 3 is 2.89 bits per heavy atom. The van der Waals surface area contributed by atoms with Crippen molar-refractivity contribution in [3.05, 3.63) is 35.4 Å². The lowest BCUT2D eigenvalue weighted by Gasteiger charge is -2.24. The highest BCUT2D eigenvalue weighted by molar-refractivity contribution is 7.80. The fourth-order valence-electron chi connectivity index (χ4n) is 2.50. The average Bonchev–Trinajstić information content (AvgIpc) is 2.87. The van der Waals surface area contributed by atoms with Crippen LogP contribution in [0.25, 0.3) is 0 Å². The summed E-state index contributed by atoms with van der Waals surface area (Å²) in [5, 5.41) is 0. The number of carbonyl (C=O) groups is 1. The standard InChI is InChI=1S/C14H18N2OS/c1-2-10-6-3-4-7-11(10)14(17)16-9-5-8-12(16)13(15)18/h3-4,6-7,12H,2,5,8-9H2,1H3,(H2,15,18). The molecule has 1 saturated heterocycles. The zero-order valence-corrected chi connectivity index (χ0v) is 11.4. The molecule has 0 bridgehead atoms. The number of carbonyl (C=O) groups excluding carboxylic acids is 1. The van der Waals surface area contributed by atoms with Crippen LogP contribution in [-0.2, 0) is 6.42 Å². The van der Waals surface area contributed by atoms with Gasteiger partial charge in [-0.05, 0) is 30.9 Å². The maximum absolute atomic E-state index is 12.6. The van der Waals surface area contributed by atoms with E-state index in [0.29, 0.717) is 4.99 Å². The van der Waals surface area contributed by atoms with E-state index in [4.69, 9.17) is 18.0 Å². The molecule has 3 nitrogen and oxygen atoms in total. The lowest BCUT2D eigenvalue weighted by Crippen LogP contribution is -2.43. The maximum Gasteiger partial charge on any atom is 0.254 e. The van der Waals surface area contributed by atoms with E-state index in [9.17, 15) is 4.79 Å². The van der Waals surface area contributed by atoms with Gasteiger partial charge < -0.3 is 10.6 Å². The van der Waals surface area contributed by atoms with Crippen molar-refractivity contribution in [2.45, 2.75) is 32.2 Å². The molecule has 0 spiro atoms. The number of rotatable bonds is 3. The molecule has 96 valence electrons. The van der Waals surface area contributed by atoms with Crippen LogP contribution in [0.3, 0.4) is 0 Å². The average molecular weight is 262 g/mol. The number of nitrogens with two attached hydrogens (primary N) is 1. The highest BCUT2D eigenvalue weighted by atomic mass is 32.1. The number of aryl methyl sites for hydroxylation is 1. The lowest BCUT2D eigenvalue weighted by atomic mass is 10.0. The van der Waals surface area contributed by atoms with Gasteiger partial charge in [0.2, 0.25) is 0 Å². The highest BCUT2D eigenvalue weighted by Crippen LogP contribution is 2.22. The van der Waals surface area contributed by atoms with Crippen LogP contribution in [-0.4, -0.2) is 28.4 Å². The Hall–Kier alpha value is -1.42. The summed E-state index contributed by atoms with van der Waals surface area (Å²) in [4.78, 5) is 14.8. The van der Waals surface area contributed by atoms with Gasteiger partial charge in [-0.15, -0.1) is 0 Å². The molecule has 1 amide bonds. The van der Waals surface area contributed by atoms with Gasteiger partial charge in [0.25, 0.3) is 5.91 Å². The van der Waals surface area contributed by atoms with Gasteiger partial charge in [0.1, 0.15) is 0 Å². The maximum atomic E-state index is 12.6. The predicted octanol–water partition coefficient (Wildman–Crippen LogP) is 2.14. The smallest absolute Gasteiger partial charge is 0.254 e. The number of hydrogen-bond donors (Lipinski definition) is 1. The Morgan fingerprint density at radius 2 is 2.22 bits per heavy atom. The lowest BCUT2D eigenvalue weighted by molar-refractivity contribution is 0.0769. The summed E-state index contributed by atoms with van der Waals surface area (Å²) in [5.41, 5.74) is 7.57. The summed E-state index contributed by atoms with van der Waals surface area (Å²) in [6.45, 7) is 2.81. The third-order valence-corrected chi connectivity index (χ3v) is 3.74. The first-order valence-electron chi connectivity index (χ1n) is 6.33. The first-order chi connectivity index (χ1) is 8.65. The Labute approximate surface area is 113 Å². The van der Waals surface area contributed by atoms with E-state index in [2.05, 4.69) is 6.92 Å². The largest absolute Gasteiger partial charge is 0.392 e. The minimum Gasteiger partial charge on any atom is -0.392 e. The molecule has 1 aliphatic heterocycles. The molecule has 1 heterocycles. The number of benzene rings is 1. The van der Waals surface area contributed by atoms with E-state index in [0.717, 1.165) is 36.9 Å².